The van der Waals surface area contributed by atoms with Gasteiger partial charge >= 0.3 is 5.97 Å². The van der Waals surface area contributed by atoms with Gasteiger partial charge in [-0.2, -0.15) is 0 Å². The summed E-state index contributed by atoms with van der Waals surface area (Å²) in [6, 6.07) is 6.61. The maximum atomic E-state index is 11.2. The first-order chi connectivity index (χ1) is 7.91. The Kier molecular flexibility index (Phi) is 4.09. The summed E-state index contributed by atoms with van der Waals surface area (Å²) in [5, 5.41) is 8.84. The van der Waals surface area contributed by atoms with Crippen LogP contribution in [-0.2, 0) is 9.59 Å². The minimum Gasteiger partial charge on any atom is -0.480 e. The van der Waals surface area contributed by atoms with Crippen molar-refractivity contribution < 1.29 is 14.7 Å². The van der Waals surface area contributed by atoms with Gasteiger partial charge in [-0.25, -0.2) is 0 Å². The molecule has 5 nitrogen and oxygen atoms in total. The van der Waals surface area contributed by atoms with Crippen LogP contribution in [-0.4, -0.2) is 29.6 Å². The Morgan fingerprint density at radius 1 is 1.35 bits per heavy atom. The fraction of sp³-hybridized carbons (Fsp3) is 0.333. The Bertz CT molecular complexity index is 414. The number of aryl methyl sites for hydroxylation is 1. The van der Waals surface area contributed by atoms with Crippen molar-refractivity contribution in [2.75, 3.05) is 11.4 Å². The van der Waals surface area contributed by atoms with Gasteiger partial charge in [0.25, 0.3) is 0 Å². The molecular formula is C12H16N2O3. The van der Waals surface area contributed by atoms with E-state index in [2.05, 4.69) is 0 Å². The normalized spacial score (nSPS) is 11.9. The highest BCUT2D eigenvalue weighted by Crippen LogP contribution is 2.17. The third-order valence-corrected chi connectivity index (χ3v) is 2.55. The number of primary amides is 1. The van der Waals surface area contributed by atoms with Crippen LogP contribution in [0.2, 0.25) is 0 Å². The van der Waals surface area contributed by atoms with E-state index in [1.807, 2.05) is 19.1 Å². The Balaban J connectivity index is 3.01. The molecule has 1 unspecified atom stereocenters. The van der Waals surface area contributed by atoms with E-state index in [1.54, 1.807) is 19.1 Å². The summed E-state index contributed by atoms with van der Waals surface area (Å²) >= 11 is 0. The number of carboxylic acids is 1. The molecule has 1 amide bonds. The van der Waals surface area contributed by atoms with Crippen LogP contribution in [0.15, 0.2) is 24.3 Å². The van der Waals surface area contributed by atoms with E-state index in [-0.39, 0.29) is 6.54 Å². The number of hydrogen-bond donors (Lipinski definition) is 2. The second kappa shape index (κ2) is 5.34. The minimum atomic E-state index is -1.00. The predicted molar refractivity (Wildman–Crippen MR) is 64.8 cm³/mol. The summed E-state index contributed by atoms with van der Waals surface area (Å²) in [6.07, 6.45) is 0. The van der Waals surface area contributed by atoms with Gasteiger partial charge in [0, 0.05) is 5.69 Å². The summed E-state index contributed by atoms with van der Waals surface area (Å²) in [5.74, 6) is -1.55. The van der Waals surface area contributed by atoms with Crippen LogP contribution in [0.3, 0.4) is 0 Å². The van der Waals surface area contributed by atoms with Crippen molar-refractivity contribution in [3.05, 3.63) is 29.8 Å². The highest BCUT2D eigenvalue weighted by atomic mass is 16.4. The molecule has 92 valence electrons. The number of nitrogens with two attached hydrogens (primary N) is 1. The second-order valence-corrected chi connectivity index (χ2v) is 3.94. The van der Waals surface area contributed by atoms with Crippen LogP contribution in [0.5, 0.6) is 0 Å². The van der Waals surface area contributed by atoms with Crippen LogP contribution in [0.1, 0.15) is 12.5 Å². The van der Waals surface area contributed by atoms with E-state index < -0.39 is 17.9 Å². The highest BCUT2D eigenvalue weighted by Gasteiger charge is 2.21. The van der Waals surface area contributed by atoms with E-state index in [0.29, 0.717) is 5.69 Å². The molecule has 0 aliphatic rings. The van der Waals surface area contributed by atoms with Crippen molar-refractivity contribution >= 4 is 17.6 Å². The zero-order valence-corrected chi connectivity index (χ0v) is 9.88. The standard InChI is InChI=1S/C12H16N2O3/c1-8-3-5-10(6-4-8)14(7-11(15)16)9(2)12(13)17/h3-6,9H,7H2,1-2H3,(H2,13,17)(H,15,16). The lowest BCUT2D eigenvalue weighted by molar-refractivity contribution is -0.135. The topological polar surface area (TPSA) is 83.6 Å². The smallest absolute Gasteiger partial charge is 0.323 e. The molecule has 0 aliphatic carbocycles. The minimum absolute atomic E-state index is 0.257. The van der Waals surface area contributed by atoms with Crippen LogP contribution in [0.4, 0.5) is 5.69 Å². The number of carbonyl (C=O) groups is 2. The molecule has 0 aliphatic heterocycles. The van der Waals surface area contributed by atoms with Gasteiger partial charge in [0.1, 0.15) is 12.6 Å². The van der Waals surface area contributed by atoms with Gasteiger partial charge in [-0.3, -0.25) is 9.59 Å². The third kappa shape index (κ3) is 3.48. The number of rotatable bonds is 5. The monoisotopic (exact) mass is 236 g/mol. The molecule has 1 rings (SSSR count). The van der Waals surface area contributed by atoms with Crippen LogP contribution in [0, 0.1) is 6.92 Å². The number of hydrogen-bond acceptors (Lipinski definition) is 3. The number of benzene rings is 1. The van der Waals surface area contributed by atoms with Crippen molar-refractivity contribution in [1.82, 2.24) is 0 Å². The Morgan fingerprint density at radius 3 is 2.29 bits per heavy atom. The van der Waals surface area contributed by atoms with E-state index >= 15 is 0 Å². The van der Waals surface area contributed by atoms with Crippen molar-refractivity contribution in [3.63, 3.8) is 0 Å². The van der Waals surface area contributed by atoms with Crippen LogP contribution >= 0.6 is 0 Å². The number of nitrogens with zero attached hydrogens (tertiary/aromatic N) is 1. The van der Waals surface area contributed by atoms with E-state index in [1.165, 1.54) is 4.90 Å². The average molecular weight is 236 g/mol. The van der Waals surface area contributed by atoms with Gasteiger partial charge in [0.05, 0.1) is 0 Å². The Labute approximate surface area is 99.8 Å². The molecule has 1 aromatic carbocycles. The molecular weight excluding hydrogens is 220 g/mol. The maximum Gasteiger partial charge on any atom is 0.323 e. The van der Waals surface area contributed by atoms with Gasteiger partial charge in [-0.1, -0.05) is 17.7 Å². The van der Waals surface area contributed by atoms with Crippen molar-refractivity contribution in [1.29, 1.82) is 0 Å². The molecule has 0 bridgehead atoms. The van der Waals surface area contributed by atoms with Gasteiger partial charge in [0.15, 0.2) is 0 Å². The van der Waals surface area contributed by atoms with Crippen molar-refractivity contribution in [2.45, 2.75) is 19.9 Å². The summed E-state index contributed by atoms with van der Waals surface area (Å²) in [6.45, 7) is 3.27. The van der Waals surface area contributed by atoms with Gasteiger partial charge in [0.2, 0.25) is 5.91 Å². The van der Waals surface area contributed by atoms with E-state index in [0.717, 1.165) is 5.56 Å². The lowest BCUT2D eigenvalue weighted by atomic mass is 10.1. The second-order valence-electron chi connectivity index (χ2n) is 3.94. The lowest BCUT2D eigenvalue weighted by Crippen LogP contribution is -2.45. The Hall–Kier alpha value is -2.04. The van der Waals surface area contributed by atoms with E-state index in [9.17, 15) is 9.59 Å². The third-order valence-electron chi connectivity index (χ3n) is 2.55. The highest BCUT2D eigenvalue weighted by molar-refractivity contribution is 5.85. The lowest BCUT2D eigenvalue weighted by Gasteiger charge is -2.27. The molecule has 0 aromatic heterocycles. The average Bonchev–Trinajstić information content (AvgIpc) is 2.26. The van der Waals surface area contributed by atoms with E-state index in [4.69, 9.17) is 10.8 Å². The Morgan fingerprint density at radius 2 is 1.88 bits per heavy atom. The molecule has 5 heteroatoms. The zero-order chi connectivity index (χ0) is 13.0. The van der Waals surface area contributed by atoms with Gasteiger partial charge < -0.3 is 15.7 Å². The molecule has 1 atom stereocenters. The first-order valence-electron chi connectivity index (χ1n) is 5.26. The van der Waals surface area contributed by atoms with Gasteiger partial charge in [-0.15, -0.1) is 0 Å². The van der Waals surface area contributed by atoms with Gasteiger partial charge in [-0.05, 0) is 26.0 Å². The quantitative estimate of drug-likeness (QED) is 0.790. The summed E-state index contributed by atoms with van der Waals surface area (Å²) in [4.78, 5) is 23.4. The first-order valence-corrected chi connectivity index (χ1v) is 5.26. The van der Waals surface area contributed by atoms with Crippen molar-refractivity contribution in [3.8, 4) is 0 Å². The molecule has 0 radical (unpaired) electrons. The molecule has 0 fully saturated rings. The fourth-order valence-electron chi connectivity index (χ4n) is 1.49. The summed E-state index contributed by atoms with van der Waals surface area (Å²) < 4.78 is 0. The summed E-state index contributed by atoms with van der Waals surface area (Å²) in [5.41, 5.74) is 6.94. The molecule has 0 spiro atoms. The number of anilines is 1. The van der Waals surface area contributed by atoms with Crippen LogP contribution < -0.4 is 10.6 Å². The number of aliphatic carboxylic acids is 1. The summed E-state index contributed by atoms with van der Waals surface area (Å²) in [7, 11) is 0. The number of carbonyl (C=O) groups excluding carboxylic acids is 1. The number of carboxylic acid groups (broad SMARTS) is 1. The molecule has 0 saturated heterocycles. The predicted octanol–water partition coefficient (Wildman–Crippen LogP) is 0.760. The number of amides is 1. The first kappa shape index (κ1) is 13.0. The molecule has 1 aromatic rings. The maximum absolute atomic E-state index is 11.2. The van der Waals surface area contributed by atoms with Crippen molar-refractivity contribution in [2.24, 2.45) is 5.73 Å². The fourth-order valence-corrected chi connectivity index (χ4v) is 1.49. The molecule has 3 N–H and O–H groups in total. The molecule has 0 saturated carbocycles. The molecule has 0 heterocycles. The largest absolute Gasteiger partial charge is 0.480 e. The van der Waals surface area contributed by atoms with Crippen LogP contribution in [0.25, 0.3) is 0 Å². The SMILES string of the molecule is Cc1ccc(N(CC(=O)O)C(C)C(N)=O)cc1. The molecule has 17 heavy (non-hydrogen) atoms. The zero-order valence-electron chi connectivity index (χ0n) is 9.88.